The molecular formula is C17H8Cl2FN3O2S. The van der Waals surface area contributed by atoms with Crippen molar-refractivity contribution in [1.82, 2.24) is 14.6 Å². The first-order valence-electron chi connectivity index (χ1n) is 7.30. The van der Waals surface area contributed by atoms with E-state index in [4.69, 9.17) is 23.5 Å². The molecule has 0 radical (unpaired) electrons. The van der Waals surface area contributed by atoms with Crippen molar-refractivity contribution in [1.29, 1.82) is 0 Å². The molecule has 0 fully saturated rings. The van der Waals surface area contributed by atoms with Crippen LogP contribution in [0.2, 0.25) is 4.34 Å². The van der Waals surface area contributed by atoms with E-state index in [0.717, 1.165) is 28.0 Å². The minimum absolute atomic E-state index is 0.0577. The van der Waals surface area contributed by atoms with Gasteiger partial charge in [-0.2, -0.15) is 5.10 Å². The minimum Gasteiger partial charge on any atom is -0.341 e. The Morgan fingerprint density at radius 3 is 2.62 bits per heavy atom. The summed E-state index contributed by atoms with van der Waals surface area (Å²) in [5.41, 5.74) is 3.60. The van der Waals surface area contributed by atoms with Crippen LogP contribution in [0.4, 0.5) is 4.39 Å². The molecule has 5 nitrogen and oxygen atoms in total. The summed E-state index contributed by atoms with van der Waals surface area (Å²) in [7, 11) is 0. The fourth-order valence-corrected chi connectivity index (χ4v) is 3.73. The van der Waals surface area contributed by atoms with Crippen LogP contribution in [0.25, 0.3) is 27.9 Å². The zero-order valence-electron chi connectivity index (χ0n) is 12.8. The quantitative estimate of drug-likeness (QED) is 0.466. The van der Waals surface area contributed by atoms with Crippen molar-refractivity contribution in [3.05, 3.63) is 64.0 Å². The Kier molecular flexibility index (Phi) is 4.36. The third-order valence-corrected chi connectivity index (χ3v) is 5.15. The largest absolute Gasteiger partial charge is 0.385 e. The molecule has 0 saturated carbocycles. The van der Waals surface area contributed by atoms with Gasteiger partial charge in [-0.05, 0) is 23.8 Å². The monoisotopic (exact) mass is 407 g/mol. The first kappa shape index (κ1) is 17.0. The van der Waals surface area contributed by atoms with Gasteiger partial charge in [0.05, 0.1) is 11.7 Å². The van der Waals surface area contributed by atoms with E-state index in [1.165, 1.54) is 12.1 Å². The molecule has 130 valence electrons. The van der Waals surface area contributed by atoms with Crippen LogP contribution < -0.4 is 0 Å². The fraction of sp³-hybridized carbons (Fsp3) is 0. The van der Waals surface area contributed by atoms with Gasteiger partial charge in [0.25, 0.3) is 0 Å². The van der Waals surface area contributed by atoms with Crippen LogP contribution in [0.15, 0.2) is 48.8 Å². The minimum atomic E-state index is -0.764. The summed E-state index contributed by atoms with van der Waals surface area (Å²) < 4.78 is 19.3. The number of hydrogen-bond acceptors (Lipinski definition) is 5. The van der Waals surface area contributed by atoms with Crippen molar-refractivity contribution in [3.63, 3.8) is 0 Å². The highest BCUT2D eigenvalue weighted by Gasteiger charge is 2.20. The van der Waals surface area contributed by atoms with Gasteiger partial charge in [-0.1, -0.05) is 41.1 Å². The third-order valence-electron chi connectivity index (χ3n) is 3.78. The second-order valence-corrected chi connectivity index (χ2v) is 7.07. The fourth-order valence-electron chi connectivity index (χ4n) is 2.57. The smallest absolute Gasteiger partial charge is 0.341 e. The Labute approximate surface area is 160 Å². The number of fused-ring (bicyclic) bond motifs is 1. The molecule has 0 atom stereocenters. The van der Waals surface area contributed by atoms with E-state index in [0.29, 0.717) is 15.6 Å². The number of nitrogens with zero attached hydrogens (tertiary/aromatic N) is 3. The summed E-state index contributed by atoms with van der Waals surface area (Å²) in [4.78, 5) is 15.7. The average Bonchev–Trinajstić information content (AvgIpc) is 3.24. The first-order chi connectivity index (χ1) is 12.6. The number of hydrogen-bond donors (Lipinski definition) is 0. The molecule has 0 N–H and O–H groups in total. The Balaban J connectivity index is 1.78. The predicted molar refractivity (Wildman–Crippen MR) is 98.0 cm³/mol. The SMILES string of the molecule is O=C(OCl)c1nc(-c2cnn3cc(-c4ccc(F)cc4)ccc23)c(Cl)s1. The lowest BCUT2D eigenvalue weighted by Gasteiger charge is -2.03. The number of rotatable bonds is 3. The molecule has 3 aromatic heterocycles. The Hall–Kier alpha value is -2.48. The number of carbonyl (C=O) groups excluding carboxylic acids is 1. The van der Waals surface area contributed by atoms with Gasteiger partial charge in [0.2, 0.25) is 5.01 Å². The molecule has 0 aliphatic heterocycles. The number of pyridine rings is 1. The van der Waals surface area contributed by atoms with Gasteiger partial charge in [-0.15, -0.1) is 0 Å². The van der Waals surface area contributed by atoms with Gasteiger partial charge in [-0.3, -0.25) is 0 Å². The maximum Gasteiger partial charge on any atom is 0.385 e. The maximum absolute atomic E-state index is 13.1. The standard InChI is InChI=1S/C17H8Cl2FN3O2S/c18-15-14(22-16(26-15)17(24)25-19)12-7-21-23-8-10(3-6-13(12)23)9-1-4-11(20)5-2-9/h1-8H. The summed E-state index contributed by atoms with van der Waals surface area (Å²) in [5, 5.41) is 4.38. The first-order valence-corrected chi connectivity index (χ1v) is 8.80. The Morgan fingerprint density at radius 1 is 1.15 bits per heavy atom. The van der Waals surface area contributed by atoms with Crippen LogP contribution in [0.1, 0.15) is 9.80 Å². The van der Waals surface area contributed by atoms with E-state index in [1.54, 1.807) is 22.8 Å². The summed E-state index contributed by atoms with van der Waals surface area (Å²) in [6.45, 7) is 0. The van der Waals surface area contributed by atoms with Crippen molar-refractivity contribution in [3.8, 4) is 22.4 Å². The van der Waals surface area contributed by atoms with Crippen LogP contribution in [0.3, 0.4) is 0 Å². The molecular weight excluding hydrogens is 400 g/mol. The number of aromatic nitrogens is 3. The van der Waals surface area contributed by atoms with Gasteiger partial charge in [0, 0.05) is 17.3 Å². The second kappa shape index (κ2) is 6.68. The number of benzene rings is 1. The molecule has 3 heterocycles. The van der Waals surface area contributed by atoms with Crippen LogP contribution in [0.5, 0.6) is 0 Å². The lowest BCUT2D eigenvalue weighted by atomic mass is 10.1. The maximum atomic E-state index is 13.1. The summed E-state index contributed by atoms with van der Waals surface area (Å²) in [5.74, 6) is -1.06. The van der Waals surface area contributed by atoms with E-state index >= 15 is 0 Å². The summed E-state index contributed by atoms with van der Waals surface area (Å²) in [6, 6.07) is 9.95. The highest BCUT2D eigenvalue weighted by molar-refractivity contribution is 7.18. The van der Waals surface area contributed by atoms with E-state index in [1.807, 2.05) is 18.3 Å². The van der Waals surface area contributed by atoms with Crippen LogP contribution >= 0.6 is 34.8 Å². The Bertz CT molecular complexity index is 1120. The lowest BCUT2D eigenvalue weighted by molar-refractivity contribution is 0.0751. The van der Waals surface area contributed by atoms with Crippen LogP contribution in [-0.4, -0.2) is 20.6 Å². The molecule has 0 aliphatic carbocycles. The van der Waals surface area contributed by atoms with Crippen molar-refractivity contribution in [2.75, 3.05) is 0 Å². The highest BCUT2D eigenvalue weighted by Crippen LogP contribution is 2.35. The normalized spacial score (nSPS) is 11.0. The van der Waals surface area contributed by atoms with Gasteiger partial charge in [0.1, 0.15) is 27.7 Å². The zero-order valence-corrected chi connectivity index (χ0v) is 15.1. The molecule has 26 heavy (non-hydrogen) atoms. The Morgan fingerprint density at radius 2 is 1.88 bits per heavy atom. The van der Waals surface area contributed by atoms with E-state index in [2.05, 4.69) is 14.4 Å². The second-order valence-electron chi connectivity index (χ2n) is 5.32. The van der Waals surface area contributed by atoms with Crippen molar-refractivity contribution >= 4 is 46.3 Å². The van der Waals surface area contributed by atoms with Crippen LogP contribution in [0, 0.1) is 5.82 Å². The molecule has 4 aromatic rings. The molecule has 0 saturated heterocycles. The van der Waals surface area contributed by atoms with Gasteiger partial charge >= 0.3 is 5.97 Å². The summed E-state index contributed by atoms with van der Waals surface area (Å²) in [6.07, 6.45) is 3.43. The average molecular weight is 408 g/mol. The van der Waals surface area contributed by atoms with E-state index < -0.39 is 5.97 Å². The summed E-state index contributed by atoms with van der Waals surface area (Å²) >= 11 is 12.3. The zero-order chi connectivity index (χ0) is 18.3. The molecule has 9 heteroatoms. The number of carbonyl (C=O) groups is 1. The molecule has 0 bridgehead atoms. The number of halogens is 3. The molecule has 0 aliphatic rings. The van der Waals surface area contributed by atoms with Crippen molar-refractivity contribution in [2.24, 2.45) is 0 Å². The van der Waals surface area contributed by atoms with Crippen LogP contribution in [-0.2, 0) is 4.29 Å². The molecule has 4 rings (SSSR count). The lowest BCUT2D eigenvalue weighted by Crippen LogP contribution is -1.96. The topological polar surface area (TPSA) is 56.5 Å². The molecule has 0 amide bonds. The number of thiazole rings is 1. The van der Waals surface area contributed by atoms with E-state index in [9.17, 15) is 9.18 Å². The van der Waals surface area contributed by atoms with Gasteiger partial charge < -0.3 is 4.29 Å². The van der Waals surface area contributed by atoms with Gasteiger partial charge in [-0.25, -0.2) is 18.7 Å². The third kappa shape index (κ3) is 2.94. The molecule has 0 spiro atoms. The highest BCUT2D eigenvalue weighted by atomic mass is 35.5. The molecule has 1 aromatic carbocycles. The van der Waals surface area contributed by atoms with Gasteiger partial charge in [0.15, 0.2) is 0 Å². The van der Waals surface area contributed by atoms with Crippen molar-refractivity contribution < 1.29 is 13.5 Å². The predicted octanol–water partition coefficient (Wildman–Crippen LogP) is 5.23. The molecule has 0 unspecified atom stereocenters. The van der Waals surface area contributed by atoms with E-state index in [-0.39, 0.29) is 10.8 Å². The van der Waals surface area contributed by atoms with Crippen molar-refractivity contribution in [2.45, 2.75) is 0 Å².